The number of carboxylic acids is 1. The Morgan fingerprint density at radius 2 is 1.84 bits per heavy atom. The number of hydrogen-bond donors (Lipinski definition) is 1. The second-order valence-corrected chi connectivity index (χ2v) is 4.89. The van der Waals surface area contributed by atoms with Crippen molar-refractivity contribution in [3.8, 4) is 0 Å². The highest BCUT2D eigenvalue weighted by atomic mass is 16.4. The van der Waals surface area contributed by atoms with E-state index in [1.807, 2.05) is 24.3 Å². The van der Waals surface area contributed by atoms with Gasteiger partial charge in [0.2, 0.25) is 0 Å². The largest absolute Gasteiger partial charge is 0.480 e. The molecule has 1 aromatic rings. The number of aliphatic carboxylic acids is 1. The molecule has 3 rings (SSSR count). The van der Waals surface area contributed by atoms with Gasteiger partial charge in [0, 0.05) is 12.0 Å². The number of carbonyl (C=O) groups excluding carboxylic acids is 2. The Hall–Kier alpha value is -2.23. The highest BCUT2D eigenvalue weighted by molar-refractivity contribution is 6.28. The van der Waals surface area contributed by atoms with Gasteiger partial charge in [-0.15, -0.1) is 0 Å². The molecule has 96 valence electrons. The van der Waals surface area contributed by atoms with Gasteiger partial charge in [0.05, 0.1) is 0 Å². The molecule has 0 bridgehead atoms. The van der Waals surface area contributed by atoms with Gasteiger partial charge >= 0.3 is 5.97 Å². The fraction of sp³-hybridized carbons (Fsp3) is 0.267. The first kappa shape index (κ1) is 11.8. The Labute approximate surface area is 109 Å². The lowest BCUT2D eigenvalue weighted by molar-refractivity contribution is -0.149. The zero-order chi connectivity index (χ0) is 13.6. The van der Waals surface area contributed by atoms with Crippen LogP contribution in [0.15, 0.2) is 29.8 Å². The van der Waals surface area contributed by atoms with E-state index in [0.29, 0.717) is 12.0 Å². The molecule has 0 aromatic heterocycles. The van der Waals surface area contributed by atoms with Crippen LogP contribution in [0.3, 0.4) is 0 Å². The molecular formula is C15H12O4. The second kappa shape index (κ2) is 4.16. The summed E-state index contributed by atoms with van der Waals surface area (Å²) < 4.78 is 0. The number of benzene rings is 1. The van der Waals surface area contributed by atoms with Crippen molar-refractivity contribution in [1.29, 1.82) is 0 Å². The Bertz CT molecular complexity index is 639. The Kier molecular flexibility index (Phi) is 2.59. The molecule has 0 spiro atoms. The van der Waals surface area contributed by atoms with E-state index in [0.717, 1.165) is 23.1 Å². The van der Waals surface area contributed by atoms with Gasteiger partial charge in [0.15, 0.2) is 17.5 Å². The number of fused-ring (bicyclic) bond motifs is 2. The van der Waals surface area contributed by atoms with Gasteiger partial charge in [-0.2, -0.15) is 0 Å². The van der Waals surface area contributed by atoms with Crippen molar-refractivity contribution in [3.63, 3.8) is 0 Å². The number of Topliss-reactive ketones (excluding diaryl/α,β-unsaturated/α-hetero) is 2. The average molecular weight is 256 g/mol. The second-order valence-electron chi connectivity index (χ2n) is 4.89. The predicted molar refractivity (Wildman–Crippen MR) is 67.4 cm³/mol. The van der Waals surface area contributed by atoms with Crippen molar-refractivity contribution in [1.82, 2.24) is 0 Å². The number of allylic oxidation sites excluding steroid dienone is 2. The fourth-order valence-corrected chi connectivity index (χ4v) is 2.93. The topological polar surface area (TPSA) is 71.4 Å². The highest BCUT2D eigenvalue weighted by Crippen LogP contribution is 2.39. The molecule has 0 aliphatic heterocycles. The summed E-state index contributed by atoms with van der Waals surface area (Å²) in [5.41, 5.74) is 3.31. The van der Waals surface area contributed by atoms with Crippen molar-refractivity contribution in [2.45, 2.75) is 19.3 Å². The number of carboxylic acid groups (broad SMARTS) is 1. The molecule has 1 aromatic carbocycles. The summed E-state index contributed by atoms with van der Waals surface area (Å²) in [6.07, 6.45) is 1.30. The first-order chi connectivity index (χ1) is 9.09. The Morgan fingerprint density at radius 3 is 2.58 bits per heavy atom. The molecule has 0 amide bonds. The van der Waals surface area contributed by atoms with Crippen LogP contribution in [0, 0.1) is 5.92 Å². The summed E-state index contributed by atoms with van der Waals surface area (Å²) in [5, 5.41) is 9.00. The lowest BCUT2D eigenvalue weighted by Crippen LogP contribution is -2.37. The fourth-order valence-electron chi connectivity index (χ4n) is 2.93. The third-order valence-corrected chi connectivity index (χ3v) is 3.83. The van der Waals surface area contributed by atoms with Gasteiger partial charge in [0.25, 0.3) is 0 Å². The van der Waals surface area contributed by atoms with Gasteiger partial charge < -0.3 is 5.11 Å². The predicted octanol–water partition coefficient (Wildman–Crippen LogP) is 1.63. The third-order valence-electron chi connectivity index (χ3n) is 3.83. The molecule has 0 saturated carbocycles. The number of aryl methyl sites for hydroxylation is 1. The van der Waals surface area contributed by atoms with Crippen LogP contribution in [0.2, 0.25) is 0 Å². The van der Waals surface area contributed by atoms with Crippen molar-refractivity contribution in [2.75, 3.05) is 0 Å². The van der Waals surface area contributed by atoms with Crippen molar-refractivity contribution in [3.05, 3.63) is 41.0 Å². The van der Waals surface area contributed by atoms with Gasteiger partial charge in [-0.25, -0.2) is 0 Å². The molecule has 0 fully saturated rings. The van der Waals surface area contributed by atoms with Gasteiger partial charge in [-0.1, -0.05) is 24.3 Å². The summed E-state index contributed by atoms with van der Waals surface area (Å²) in [4.78, 5) is 35.1. The van der Waals surface area contributed by atoms with Crippen LogP contribution in [-0.2, 0) is 20.8 Å². The Morgan fingerprint density at radius 1 is 1.11 bits per heavy atom. The first-order valence-electron chi connectivity index (χ1n) is 6.19. The van der Waals surface area contributed by atoms with Crippen molar-refractivity contribution < 1.29 is 19.5 Å². The molecule has 4 heteroatoms. The molecule has 2 aliphatic carbocycles. The van der Waals surface area contributed by atoms with Crippen LogP contribution in [0.25, 0.3) is 5.57 Å². The maximum absolute atomic E-state index is 12.2. The van der Waals surface area contributed by atoms with Crippen molar-refractivity contribution >= 4 is 23.1 Å². The van der Waals surface area contributed by atoms with E-state index >= 15 is 0 Å². The first-order valence-corrected chi connectivity index (χ1v) is 6.19. The van der Waals surface area contributed by atoms with E-state index in [1.54, 1.807) is 0 Å². The van der Waals surface area contributed by atoms with Crippen LogP contribution >= 0.6 is 0 Å². The van der Waals surface area contributed by atoms with E-state index in [1.165, 1.54) is 0 Å². The van der Waals surface area contributed by atoms with Gasteiger partial charge in [0.1, 0.15) is 0 Å². The molecule has 1 atom stereocenters. The number of ketones is 2. The molecule has 19 heavy (non-hydrogen) atoms. The Balaban J connectivity index is 2.14. The number of hydrogen-bond acceptors (Lipinski definition) is 3. The minimum Gasteiger partial charge on any atom is -0.480 e. The van der Waals surface area contributed by atoms with Gasteiger partial charge in [-0.05, 0) is 29.5 Å². The van der Waals surface area contributed by atoms with E-state index in [4.69, 9.17) is 5.11 Å². The zero-order valence-corrected chi connectivity index (χ0v) is 10.2. The van der Waals surface area contributed by atoms with Crippen LogP contribution in [-0.4, -0.2) is 22.6 Å². The molecule has 0 saturated heterocycles. The standard InChI is InChI=1S/C15H12O4/c16-12-7-11-9-4-2-1-3-8(9)5-6-10(11)14(17)13(12)15(18)19/h1-4,13H,5-7H2,(H,18,19). The normalized spacial score (nSPS) is 22.0. The maximum atomic E-state index is 12.2. The summed E-state index contributed by atoms with van der Waals surface area (Å²) >= 11 is 0. The van der Waals surface area contributed by atoms with Crippen LogP contribution in [0.5, 0.6) is 0 Å². The minimum absolute atomic E-state index is 0.0506. The van der Waals surface area contributed by atoms with Gasteiger partial charge in [-0.3, -0.25) is 14.4 Å². The highest BCUT2D eigenvalue weighted by Gasteiger charge is 2.42. The summed E-state index contributed by atoms with van der Waals surface area (Å²) in [6, 6.07) is 7.67. The lowest BCUT2D eigenvalue weighted by Gasteiger charge is -2.28. The quantitative estimate of drug-likeness (QED) is 0.775. The lowest BCUT2D eigenvalue weighted by atomic mass is 9.73. The van der Waals surface area contributed by atoms with E-state index in [2.05, 4.69) is 0 Å². The van der Waals surface area contributed by atoms with E-state index in [-0.39, 0.29) is 6.42 Å². The minimum atomic E-state index is -1.50. The molecule has 0 heterocycles. The monoisotopic (exact) mass is 256 g/mol. The smallest absolute Gasteiger partial charge is 0.322 e. The van der Waals surface area contributed by atoms with Crippen LogP contribution in [0.1, 0.15) is 24.0 Å². The molecular weight excluding hydrogens is 244 g/mol. The molecule has 1 N–H and O–H groups in total. The maximum Gasteiger partial charge on any atom is 0.322 e. The molecule has 1 unspecified atom stereocenters. The van der Waals surface area contributed by atoms with Crippen LogP contribution in [0.4, 0.5) is 0 Å². The summed E-state index contributed by atoms with van der Waals surface area (Å²) in [7, 11) is 0. The zero-order valence-electron chi connectivity index (χ0n) is 10.2. The SMILES string of the molecule is O=C(O)C1C(=O)CC2=C(CCc3ccccc32)C1=O. The van der Waals surface area contributed by atoms with E-state index in [9.17, 15) is 14.4 Å². The molecule has 0 radical (unpaired) electrons. The average Bonchev–Trinajstić information content (AvgIpc) is 2.38. The molecule has 4 nitrogen and oxygen atoms in total. The third kappa shape index (κ3) is 1.71. The van der Waals surface area contributed by atoms with E-state index < -0.39 is 23.5 Å². The summed E-state index contributed by atoms with van der Waals surface area (Å²) in [6.45, 7) is 0. The number of carbonyl (C=O) groups is 3. The number of rotatable bonds is 1. The molecule has 2 aliphatic rings. The van der Waals surface area contributed by atoms with Crippen LogP contribution < -0.4 is 0 Å². The van der Waals surface area contributed by atoms with Crippen molar-refractivity contribution in [2.24, 2.45) is 5.92 Å². The summed E-state index contributed by atoms with van der Waals surface area (Å²) in [5.74, 6) is -3.86.